The number of amides is 1. The molecule has 0 radical (unpaired) electrons. The van der Waals surface area contributed by atoms with Crippen LogP contribution >= 0.6 is 11.6 Å². The van der Waals surface area contributed by atoms with Crippen LogP contribution in [-0.4, -0.2) is 32.9 Å². The third kappa shape index (κ3) is 5.00. The summed E-state index contributed by atoms with van der Waals surface area (Å²) in [5, 5.41) is 4.49. The van der Waals surface area contributed by atoms with Gasteiger partial charge >= 0.3 is 0 Å². The summed E-state index contributed by atoms with van der Waals surface area (Å²) in [6.45, 7) is 3.93. The van der Waals surface area contributed by atoms with Gasteiger partial charge in [-0.2, -0.15) is 5.10 Å². The van der Waals surface area contributed by atoms with Crippen molar-refractivity contribution in [3.8, 4) is 17.2 Å². The third-order valence-electron chi connectivity index (χ3n) is 3.34. The van der Waals surface area contributed by atoms with Crippen molar-refractivity contribution in [1.82, 2.24) is 5.43 Å². The van der Waals surface area contributed by atoms with Crippen molar-refractivity contribution >= 4 is 23.7 Å². The van der Waals surface area contributed by atoms with E-state index in [4.69, 9.17) is 25.8 Å². The SMILES string of the molecule is C=CCOc1ccc(C(=O)N/N=C/c2cc(Cl)ccc2OC)cc1OC. The van der Waals surface area contributed by atoms with Crippen LogP contribution in [0.3, 0.4) is 0 Å². The van der Waals surface area contributed by atoms with Gasteiger partial charge in [0.05, 0.1) is 20.4 Å². The number of benzene rings is 2. The largest absolute Gasteiger partial charge is 0.496 e. The Balaban J connectivity index is 2.10. The van der Waals surface area contributed by atoms with Crippen LogP contribution in [0.1, 0.15) is 15.9 Å². The van der Waals surface area contributed by atoms with Crippen molar-refractivity contribution in [2.75, 3.05) is 20.8 Å². The number of nitrogens with one attached hydrogen (secondary N) is 1. The van der Waals surface area contributed by atoms with Crippen molar-refractivity contribution in [1.29, 1.82) is 0 Å². The highest BCUT2D eigenvalue weighted by Gasteiger charge is 2.10. The van der Waals surface area contributed by atoms with Gasteiger partial charge in [0.15, 0.2) is 11.5 Å². The molecule has 0 saturated heterocycles. The molecule has 0 heterocycles. The lowest BCUT2D eigenvalue weighted by molar-refractivity contribution is 0.0954. The molecular formula is C19H19ClN2O4. The van der Waals surface area contributed by atoms with Crippen LogP contribution in [0.2, 0.25) is 5.02 Å². The number of carbonyl (C=O) groups excluding carboxylic acids is 1. The van der Waals surface area contributed by atoms with E-state index in [-0.39, 0.29) is 0 Å². The normalized spacial score (nSPS) is 10.4. The number of ether oxygens (including phenoxy) is 3. The molecule has 0 atom stereocenters. The van der Waals surface area contributed by atoms with Crippen molar-refractivity contribution in [2.24, 2.45) is 5.10 Å². The molecule has 1 N–H and O–H groups in total. The predicted octanol–water partition coefficient (Wildman–Crippen LogP) is 3.69. The molecule has 0 fully saturated rings. The van der Waals surface area contributed by atoms with Gasteiger partial charge in [0.1, 0.15) is 12.4 Å². The molecule has 26 heavy (non-hydrogen) atoms. The second-order valence-corrected chi connectivity index (χ2v) is 5.49. The van der Waals surface area contributed by atoms with Gasteiger partial charge in [-0.15, -0.1) is 0 Å². The molecule has 0 aliphatic rings. The van der Waals surface area contributed by atoms with E-state index in [0.29, 0.717) is 40.0 Å². The van der Waals surface area contributed by atoms with Crippen LogP contribution in [-0.2, 0) is 0 Å². The average molecular weight is 375 g/mol. The number of hydrazone groups is 1. The first-order valence-electron chi connectivity index (χ1n) is 7.67. The molecule has 2 rings (SSSR count). The van der Waals surface area contributed by atoms with E-state index in [0.717, 1.165) is 0 Å². The van der Waals surface area contributed by atoms with E-state index in [1.807, 2.05) is 0 Å². The fourth-order valence-corrected chi connectivity index (χ4v) is 2.29. The van der Waals surface area contributed by atoms with Gasteiger partial charge in [0.2, 0.25) is 0 Å². The molecule has 136 valence electrons. The summed E-state index contributed by atoms with van der Waals surface area (Å²) >= 11 is 5.96. The molecule has 0 unspecified atom stereocenters. The van der Waals surface area contributed by atoms with E-state index in [1.54, 1.807) is 49.6 Å². The Kier molecular flexibility index (Phi) is 7.05. The smallest absolute Gasteiger partial charge is 0.271 e. The maximum absolute atomic E-state index is 12.3. The van der Waals surface area contributed by atoms with Crippen molar-refractivity contribution in [3.05, 3.63) is 65.2 Å². The van der Waals surface area contributed by atoms with E-state index in [1.165, 1.54) is 13.3 Å². The van der Waals surface area contributed by atoms with Crippen molar-refractivity contribution < 1.29 is 19.0 Å². The Labute approximate surface area is 157 Å². The second kappa shape index (κ2) is 9.48. The fourth-order valence-electron chi connectivity index (χ4n) is 2.11. The molecule has 0 bridgehead atoms. The highest BCUT2D eigenvalue weighted by molar-refractivity contribution is 6.30. The van der Waals surface area contributed by atoms with Crippen molar-refractivity contribution in [3.63, 3.8) is 0 Å². The Hall–Kier alpha value is -2.99. The molecular weight excluding hydrogens is 356 g/mol. The molecule has 2 aromatic carbocycles. The number of hydrogen-bond acceptors (Lipinski definition) is 5. The monoisotopic (exact) mass is 374 g/mol. The van der Waals surface area contributed by atoms with Gasteiger partial charge in [-0.3, -0.25) is 4.79 Å². The summed E-state index contributed by atoms with van der Waals surface area (Å²) in [6.07, 6.45) is 3.08. The number of nitrogens with zero attached hydrogens (tertiary/aromatic N) is 1. The molecule has 2 aromatic rings. The van der Waals surface area contributed by atoms with Crippen LogP contribution in [0.5, 0.6) is 17.2 Å². The minimum atomic E-state index is -0.393. The lowest BCUT2D eigenvalue weighted by Crippen LogP contribution is -2.17. The van der Waals surface area contributed by atoms with E-state index >= 15 is 0 Å². The third-order valence-corrected chi connectivity index (χ3v) is 3.58. The zero-order valence-electron chi connectivity index (χ0n) is 14.5. The standard InChI is InChI=1S/C19H19ClN2O4/c1-4-9-26-17-7-5-13(11-18(17)25-3)19(23)22-21-12-14-10-15(20)6-8-16(14)24-2/h4-8,10-12H,1,9H2,2-3H3,(H,22,23)/b21-12+. The molecule has 6 nitrogen and oxygen atoms in total. The zero-order valence-corrected chi connectivity index (χ0v) is 15.2. The summed E-state index contributed by atoms with van der Waals surface area (Å²) in [5.74, 6) is 1.17. The molecule has 0 aromatic heterocycles. The topological polar surface area (TPSA) is 69.2 Å². The summed E-state index contributed by atoms with van der Waals surface area (Å²) in [5.41, 5.74) is 3.47. The Morgan fingerprint density at radius 2 is 1.88 bits per heavy atom. The first kappa shape index (κ1) is 19.3. The van der Waals surface area contributed by atoms with Gasteiger partial charge < -0.3 is 14.2 Å². The highest BCUT2D eigenvalue weighted by Crippen LogP contribution is 2.28. The molecule has 0 saturated carbocycles. The summed E-state index contributed by atoms with van der Waals surface area (Å²) in [4.78, 5) is 12.3. The summed E-state index contributed by atoms with van der Waals surface area (Å²) in [6, 6.07) is 9.96. The van der Waals surface area contributed by atoms with Gasteiger partial charge in [-0.05, 0) is 36.4 Å². The fraction of sp³-hybridized carbons (Fsp3) is 0.158. The minimum absolute atomic E-state index is 0.341. The second-order valence-electron chi connectivity index (χ2n) is 5.05. The number of halogens is 1. The van der Waals surface area contributed by atoms with Gasteiger partial charge in [0.25, 0.3) is 5.91 Å². The van der Waals surface area contributed by atoms with Gasteiger partial charge in [-0.25, -0.2) is 5.43 Å². The minimum Gasteiger partial charge on any atom is -0.496 e. The predicted molar refractivity (Wildman–Crippen MR) is 102 cm³/mol. The molecule has 1 amide bonds. The number of hydrogen-bond donors (Lipinski definition) is 1. The summed E-state index contributed by atoms with van der Waals surface area (Å²) < 4.78 is 15.9. The van der Waals surface area contributed by atoms with E-state index < -0.39 is 5.91 Å². The highest BCUT2D eigenvalue weighted by atomic mass is 35.5. The van der Waals surface area contributed by atoms with Crippen LogP contribution in [0.25, 0.3) is 0 Å². The van der Waals surface area contributed by atoms with E-state index in [2.05, 4.69) is 17.1 Å². The van der Waals surface area contributed by atoms with Crippen LogP contribution in [0.4, 0.5) is 0 Å². The van der Waals surface area contributed by atoms with Crippen molar-refractivity contribution in [2.45, 2.75) is 0 Å². The Morgan fingerprint density at radius 3 is 2.58 bits per heavy atom. The number of carbonyl (C=O) groups is 1. The molecule has 7 heteroatoms. The maximum atomic E-state index is 12.3. The summed E-state index contributed by atoms with van der Waals surface area (Å²) in [7, 11) is 3.04. The molecule has 0 aliphatic heterocycles. The van der Waals surface area contributed by atoms with Gasteiger partial charge in [-0.1, -0.05) is 24.3 Å². The first-order valence-corrected chi connectivity index (χ1v) is 8.05. The van der Waals surface area contributed by atoms with Crippen LogP contribution in [0.15, 0.2) is 54.2 Å². The Bertz CT molecular complexity index is 821. The molecule has 0 aliphatic carbocycles. The zero-order chi connectivity index (χ0) is 18.9. The Morgan fingerprint density at radius 1 is 1.15 bits per heavy atom. The lowest BCUT2D eigenvalue weighted by atomic mass is 10.2. The number of methoxy groups -OCH3 is 2. The maximum Gasteiger partial charge on any atom is 0.271 e. The van der Waals surface area contributed by atoms with Crippen LogP contribution in [0, 0.1) is 0 Å². The van der Waals surface area contributed by atoms with E-state index in [9.17, 15) is 4.79 Å². The van der Waals surface area contributed by atoms with Gasteiger partial charge in [0, 0.05) is 16.1 Å². The quantitative estimate of drug-likeness (QED) is 0.434. The molecule has 0 spiro atoms. The number of rotatable bonds is 8. The van der Waals surface area contributed by atoms with Crippen LogP contribution < -0.4 is 19.6 Å². The first-order chi connectivity index (χ1) is 12.6. The lowest BCUT2D eigenvalue weighted by Gasteiger charge is -2.10. The average Bonchev–Trinajstić information content (AvgIpc) is 2.66.